The van der Waals surface area contributed by atoms with Gasteiger partial charge in [0.2, 0.25) is 0 Å². The summed E-state index contributed by atoms with van der Waals surface area (Å²) in [6, 6.07) is 10.6. The molecule has 25 heavy (non-hydrogen) atoms. The highest BCUT2D eigenvalue weighted by Crippen LogP contribution is 2.23. The lowest BCUT2D eigenvalue weighted by atomic mass is 10.1. The second-order valence-corrected chi connectivity index (χ2v) is 5.97. The minimum absolute atomic E-state index is 0.0561. The summed E-state index contributed by atoms with van der Waals surface area (Å²) in [6.07, 6.45) is 3.87. The van der Waals surface area contributed by atoms with E-state index < -0.39 is 5.97 Å². The van der Waals surface area contributed by atoms with Crippen LogP contribution in [0.25, 0.3) is 0 Å². The minimum atomic E-state index is -0.475. The second-order valence-electron chi connectivity index (χ2n) is 5.97. The number of carbonyl (C=O) groups excluding carboxylic acids is 2. The number of Topliss-reactive ketones (excluding diaryl/α,β-unsaturated/α-hetero) is 1. The largest absolute Gasteiger partial charge is 0.465 e. The first-order valence-electron chi connectivity index (χ1n) is 8.34. The number of nitrogens with one attached hydrogen (secondary N) is 1. The molecule has 6 heteroatoms. The number of rotatable bonds is 6. The molecule has 1 fully saturated rings. The van der Waals surface area contributed by atoms with Crippen molar-refractivity contribution in [2.75, 3.05) is 32.1 Å². The Balaban J connectivity index is 1.84. The number of ether oxygens (including phenoxy) is 1. The monoisotopic (exact) mass is 339 g/mol. The number of ketones is 1. The van der Waals surface area contributed by atoms with Crippen LogP contribution in [-0.2, 0) is 4.74 Å². The molecule has 1 aromatic heterocycles. The van der Waals surface area contributed by atoms with E-state index in [4.69, 9.17) is 4.74 Å². The van der Waals surface area contributed by atoms with E-state index in [1.165, 1.54) is 7.11 Å². The molecule has 2 heterocycles. The van der Waals surface area contributed by atoms with Crippen molar-refractivity contribution in [3.05, 3.63) is 53.7 Å². The van der Waals surface area contributed by atoms with Crippen molar-refractivity contribution in [1.29, 1.82) is 0 Å². The lowest BCUT2D eigenvalue weighted by Gasteiger charge is -2.16. The molecule has 6 nitrogen and oxygen atoms in total. The number of benzene rings is 1. The zero-order chi connectivity index (χ0) is 17.6. The number of anilines is 2. The third kappa shape index (κ3) is 4.03. The number of methoxy groups -OCH3 is 1. The van der Waals surface area contributed by atoms with E-state index in [-0.39, 0.29) is 5.78 Å². The van der Waals surface area contributed by atoms with Crippen molar-refractivity contribution in [3.8, 4) is 0 Å². The van der Waals surface area contributed by atoms with Crippen LogP contribution in [-0.4, -0.2) is 48.4 Å². The van der Waals surface area contributed by atoms with Gasteiger partial charge in [-0.05, 0) is 50.2 Å². The molecular formula is C19H21N3O3. The predicted octanol–water partition coefficient (Wildman–Crippen LogP) is 2.89. The first-order valence-corrected chi connectivity index (χ1v) is 8.34. The number of pyridine rings is 1. The van der Waals surface area contributed by atoms with Crippen molar-refractivity contribution in [2.45, 2.75) is 12.8 Å². The molecule has 0 unspecified atom stereocenters. The van der Waals surface area contributed by atoms with Gasteiger partial charge in [-0.25, -0.2) is 9.78 Å². The van der Waals surface area contributed by atoms with Crippen molar-refractivity contribution in [3.63, 3.8) is 0 Å². The summed E-state index contributed by atoms with van der Waals surface area (Å²) in [4.78, 5) is 31.0. The van der Waals surface area contributed by atoms with E-state index >= 15 is 0 Å². The number of carbonyl (C=O) groups is 2. The van der Waals surface area contributed by atoms with Gasteiger partial charge in [-0.15, -0.1) is 0 Å². The van der Waals surface area contributed by atoms with Crippen LogP contribution in [0.5, 0.6) is 0 Å². The van der Waals surface area contributed by atoms with Crippen molar-refractivity contribution in [1.82, 2.24) is 9.88 Å². The maximum absolute atomic E-state index is 12.7. The molecule has 1 aliphatic rings. The Hall–Kier alpha value is -2.73. The van der Waals surface area contributed by atoms with Gasteiger partial charge < -0.3 is 10.1 Å². The normalized spacial score (nSPS) is 14.3. The molecule has 130 valence electrons. The van der Waals surface area contributed by atoms with Crippen molar-refractivity contribution in [2.24, 2.45) is 0 Å². The Morgan fingerprint density at radius 2 is 1.84 bits per heavy atom. The summed E-state index contributed by atoms with van der Waals surface area (Å²) in [5.41, 5.74) is 1.55. The standard InChI is InChI=1S/C19H21N3O3/c1-25-19(24)15-8-6-10-20-18(15)21-16-9-3-2-7-14(16)17(23)13-22-11-4-5-12-22/h2-3,6-10H,4-5,11-13H2,1H3,(H,20,21). The molecule has 1 N–H and O–H groups in total. The summed E-state index contributed by atoms with van der Waals surface area (Å²) >= 11 is 0. The van der Waals surface area contributed by atoms with Crippen LogP contribution in [0.3, 0.4) is 0 Å². The fraction of sp³-hybridized carbons (Fsp3) is 0.316. The van der Waals surface area contributed by atoms with Crippen LogP contribution >= 0.6 is 0 Å². The SMILES string of the molecule is COC(=O)c1cccnc1Nc1ccccc1C(=O)CN1CCCC1. The number of hydrogen-bond donors (Lipinski definition) is 1. The van der Waals surface area contributed by atoms with Crippen molar-refractivity contribution < 1.29 is 14.3 Å². The zero-order valence-electron chi connectivity index (χ0n) is 14.2. The number of likely N-dealkylation sites (tertiary alicyclic amines) is 1. The van der Waals surface area contributed by atoms with E-state index in [9.17, 15) is 9.59 Å². The summed E-state index contributed by atoms with van der Waals surface area (Å²) in [5, 5.41) is 3.11. The van der Waals surface area contributed by atoms with E-state index in [1.54, 1.807) is 24.4 Å². The summed E-state index contributed by atoms with van der Waals surface area (Å²) in [7, 11) is 1.33. The first-order chi connectivity index (χ1) is 12.2. The van der Waals surface area contributed by atoms with Gasteiger partial charge in [-0.2, -0.15) is 0 Å². The summed E-state index contributed by atoms with van der Waals surface area (Å²) < 4.78 is 4.79. The van der Waals surface area contributed by atoms with E-state index in [1.807, 2.05) is 18.2 Å². The average Bonchev–Trinajstić information content (AvgIpc) is 3.15. The molecule has 0 aliphatic carbocycles. The van der Waals surface area contributed by atoms with Gasteiger partial charge in [-0.1, -0.05) is 12.1 Å². The third-order valence-electron chi connectivity index (χ3n) is 4.26. The molecule has 1 saturated heterocycles. The van der Waals surface area contributed by atoms with Crippen LogP contribution in [0, 0.1) is 0 Å². The van der Waals surface area contributed by atoms with Gasteiger partial charge in [0, 0.05) is 11.8 Å². The lowest BCUT2D eigenvalue weighted by molar-refractivity contribution is 0.0601. The molecular weight excluding hydrogens is 318 g/mol. The van der Waals surface area contributed by atoms with E-state index in [0.717, 1.165) is 25.9 Å². The van der Waals surface area contributed by atoms with Gasteiger partial charge in [0.25, 0.3) is 0 Å². The highest BCUT2D eigenvalue weighted by molar-refractivity contribution is 6.04. The smallest absolute Gasteiger partial charge is 0.341 e. The molecule has 1 aliphatic heterocycles. The van der Waals surface area contributed by atoms with Gasteiger partial charge in [0.1, 0.15) is 11.4 Å². The fourth-order valence-corrected chi connectivity index (χ4v) is 2.97. The molecule has 0 radical (unpaired) electrons. The Kier molecular flexibility index (Phi) is 5.40. The number of esters is 1. The van der Waals surface area contributed by atoms with Crippen LogP contribution in [0.2, 0.25) is 0 Å². The topological polar surface area (TPSA) is 71.5 Å². The molecule has 1 aromatic carbocycles. The molecule has 2 aromatic rings. The minimum Gasteiger partial charge on any atom is -0.465 e. The predicted molar refractivity (Wildman–Crippen MR) is 95.3 cm³/mol. The zero-order valence-corrected chi connectivity index (χ0v) is 14.2. The van der Waals surface area contributed by atoms with Gasteiger partial charge in [-0.3, -0.25) is 9.69 Å². The maximum atomic E-state index is 12.7. The van der Waals surface area contributed by atoms with Gasteiger partial charge in [0.05, 0.1) is 19.3 Å². The summed E-state index contributed by atoms with van der Waals surface area (Å²) in [5.74, 6) is -0.0483. The molecule has 3 rings (SSSR count). The Labute approximate surface area is 146 Å². The first kappa shape index (κ1) is 17.1. The quantitative estimate of drug-likeness (QED) is 0.644. The van der Waals surface area contributed by atoms with E-state index in [2.05, 4.69) is 15.2 Å². The average molecular weight is 339 g/mol. The Bertz CT molecular complexity index is 770. The third-order valence-corrected chi connectivity index (χ3v) is 4.26. The number of nitrogens with zero attached hydrogens (tertiary/aromatic N) is 2. The highest BCUT2D eigenvalue weighted by Gasteiger charge is 2.19. The molecule has 0 spiro atoms. The number of hydrogen-bond acceptors (Lipinski definition) is 6. The van der Waals surface area contributed by atoms with E-state index in [0.29, 0.717) is 29.2 Å². The molecule has 0 bridgehead atoms. The number of aromatic nitrogens is 1. The van der Waals surface area contributed by atoms with Gasteiger partial charge in [0.15, 0.2) is 5.78 Å². The molecule has 0 saturated carbocycles. The number of para-hydroxylation sites is 1. The Morgan fingerprint density at radius 3 is 2.60 bits per heavy atom. The second kappa shape index (κ2) is 7.90. The summed E-state index contributed by atoms with van der Waals surface area (Å²) in [6.45, 7) is 2.34. The van der Waals surface area contributed by atoms with Crippen LogP contribution in [0.15, 0.2) is 42.6 Å². The van der Waals surface area contributed by atoms with Crippen LogP contribution < -0.4 is 5.32 Å². The molecule has 0 amide bonds. The van der Waals surface area contributed by atoms with Crippen molar-refractivity contribution >= 4 is 23.3 Å². The molecule has 0 atom stereocenters. The fourth-order valence-electron chi connectivity index (χ4n) is 2.97. The van der Waals surface area contributed by atoms with Crippen LogP contribution in [0.1, 0.15) is 33.6 Å². The lowest BCUT2D eigenvalue weighted by Crippen LogP contribution is -2.27. The maximum Gasteiger partial charge on any atom is 0.341 e. The Morgan fingerprint density at radius 1 is 1.12 bits per heavy atom. The van der Waals surface area contributed by atoms with Crippen LogP contribution in [0.4, 0.5) is 11.5 Å². The highest BCUT2D eigenvalue weighted by atomic mass is 16.5. The van der Waals surface area contributed by atoms with Gasteiger partial charge >= 0.3 is 5.97 Å².